The molecule has 1 aliphatic rings. The standard InChI is InChI=1S/C11H20F2N2O2/c1-10(2,3)17-9(16)15-5-4-11(14,7-15)6-8(12)13/h8H,4-7,14H2,1-3H3. The maximum absolute atomic E-state index is 12.3. The second-order valence-electron chi connectivity index (χ2n) is 5.61. The van der Waals surface area contributed by atoms with Crippen molar-refractivity contribution in [1.29, 1.82) is 0 Å². The lowest BCUT2D eigenvalue weighted by Gasteiger charge is -2.26. The molecule has 1 fully saturated rings. The summed E-state index contributed by atoms with van der Waals surface area (Å²) >= 11 is 0. The highest BCUT2D eigenvalue weighted by atomic mass is 19.3. The molecule has 1 unspecified atom stereocenters. The van der Waals surface area contributed by atoms with Crippen molar-refractivity contribution < 1.29 is 18.3 Å². The molecule has 0 bridgehead atoms. The van der Waals surface area contributed by atoms with Gasteiger partial charge in [0.2, 0.25) is 6.43 Å². The predicted molar refractivity (Wildman–Crippen MR) is 60.0 cm³/mol. The van der Waals surface area contributed by atoms with Gasteiger partial charge in [0.25, 0.3) is 0 Å². The Morgan fingerprint density at radius 1 is 1.53 bits per heavy atom. The van der Waals surface area contributed by atoms with E-state index in [1.165, 1.54) is 4.90 Å². The van der Waals surface area contributed by atoms with E-state index in [2.05, 4.69) is 0 Å². The van der Waals surface area contributed by atoms with Crippen molar-refractivity contribution in [1.82, 2.24) is 4.90 Å². The van der Waals surface area contributed by atoms with Crippen molar-refractivity contribution in [3.05, 3.63) is 0 Å². The minimum atomic E-state index is -2.45. The molecule has 1 heterocycles. The third-order valence-electron chi connectivity index (χ3n) is 2.60. The smallest absolute Gasteiger partial charge is 0.410 e. The van der Waals surface area contributed by atoms with E-state index >= 15 is 0 Å². The Bertz CT molecular complexity index is 292. The summed E-state index contributed by atoms with van der Waals surface area (Å²) in [5.41, 5.74) is 4.26. The van der Waals surface area contributed by atoms with Gasteiger partial charge in [-0.15, -0.1) is 0 Å². The first-order valence-corrected chi connectivity index (χ1v) is 5.66. The summed E-state index contributed by atoms with van der Waals surface area (Å²) in [7, 11) is 0. The highest BCUT2D eigenvalue weighted by Gasteiger charge is 2.40. The molecular formula is C11H20F2N2O2. The number of carbonyl (C=O) groups is 1. The van der Waals surface area contributed by atoms with Gasteiger partial charge in [0.05, 0.1) is 0 Å². The molecule has 0 spiro atoms. The van der Waals surface area contributed by atoms with Gasteiger partial charge in [-0.25, -0.2) is 13.6 Å². The zero-order valence-electron chi connectivity index (χ0n) is 10.5. The van der Waals surface area contributed by atoms with Gasteiger partial charge in [-0.1, -0.05) is 0 Å². The van der Waals surface area contributed by atoms with Crippen LogP contribution in [0.4, 0.5) is 13.6 Å². The SMILES string of the molecule is CC(C)(C)OC(=O)N1CCC(N)(CC(F)F)C1. The molecule has 1 saturated heterocycles. The Kier molecular flexibility index (Phi) is 3.96. The summed E-state index contributed by atoms with van der Waals surface area (Å²) in [5, 5.41) is 0. The summed E-state index contributed by atoms with van der Waals surface area (Å²) in [5.74, 6) is 0. The third-order valence-corrected chi connectivity index (χ3v) is 2.60. The molecule has 0 aromatic heterocycles. The zero-order chi connectivity index (χ0) is 13.3. The minimum Gasteiger partial charge on any atom is -0.444 e. The van der Waals surface area contributed by atoms with Crippen LogP contribution in [0.25, 0.3) is 0 Å². The molecule has 0 aromatic rings. The monoisotopic (exact) mass is 250 g/mol. The van der Waals surface area contributed by atoms with E-state index in [9.17, 15) is 13.6 Å². The van der Waals surface area contributed by atoms with E-state index in [1.807, 2.05) is 0 Å². The predicted octanol–water partition coefficient (Wildman–Crippen LogP) is 1.98. The Hall–Kier alpha value is -0.910. The minimum absolute atomic E-state index is 0.131. The van der Waals surface area contributed by atoms with Crippen molar-refractivity contribution in [3.8, 4) is 0 Å². The maximum Gasteiger partial charge on any atom is 0.410 e. The molecule has 0 radical (unpaired) electrons. The van der Waals surface area contributed by atoms with Crippen LogP contribution in [-0.4, -0.2) is 41.6 Å². The maximum atomic E-state index is 12.3. The van der Waals surface area contributed by atoms with Gasteiger partial charge < -0.3 is 15.4 Å². The van der Waals surface area contributed by atoms with Crippen LogP contribution in [0.15, 0.2) is 0 Å². The van der Waals surface area contributed by atoms with Crippen LogP contribution < -0.4 is 5.73 Å². The number of hydrogen-bond acceptors (Lipinski definition) is 3. The van der Waals surface area contributed by atoms with Crippen molar-refractivity contribution in [2.45, 2.75) is 51.2 Å². The largest absolute Gasteiger partial charge is 0.444 e. The first-order valence-electron chi connectivity index (χ1n) is 5.66. The second-order valence-corrected chi connectivity index (χ2v) is 5.61. The number of rotatable bonds is 2. The molecule has 2 N–H and O–H groups in total. The molecule has 100 valence electrons. The molecule has 0 aromatic carbocycles. The van der Waals surface area contributed by atoms with Crippen LogP contribution in [0.1, 0.15) is 33.6 Å². The van der Waals surface area contributed by atoms with Gasteiger partial charge in [0.1, 0.15) is 5.60 Å². The average Bonchev–Trinajstić information content (AvgIpc) is 2.43. The quantitative estimate of drug-likeness (QED) is 0.815. The van der Waals surface area contributed by atoms with Crippen LogP contribution in [0.2, 0.25) is 0 Å². The molecule has 0 aliphatic carbocycles. The van der Waals surface area contributed by atoms with E-state index in [4.69, 9.17) is 10.5 Å². The first kappa shape index (κ1) is 14.2. The molecule has 4 nitrogen and oxygen atoms in total. The van der Waals surface area contributed by atoms with Crippen molar-refractivity contribution in [3.63, 3.8) is 0 Å². The van der Waals surface area contributed by atoms with Crippen molar-refractivity contribution in [2.75, 3.05) is 13.1 Å². The van der Waals surface area contributed by atoms with Crippen LogP contribution in [-0.2, 0) is 4.74 Å². The summed E-state index contributed by atoms with van der Waals surface area (Å²) < 4.78 is 29.8. The second kappa shape index (κ2) is 4.76. The Balaban J connectivity index is 2.52. The number of nitrogens with zero attached hydrogens (tertiary/aromatic N) is 1. The van der Waals surface area contributed by atoms with Crippen molar-refractivity contribution >= 4 is 6.09 Å². The van der Waals surface area contributed by atoms with Crippen LogP contribution in [0.3, 0.4) is 0 Å². The molecule has 0 saturated carbocycles. The Labute approximate surface area is 100 Å². The molecule has 1 amide bonds. The fourth-order valence-electron chi connectivity index (χ4n) is 1.85. The van der Waals surface area contributed by atoms with Gasteiger partial charge in [-0.05, 0) is 27.2 Å². The van der Waals surface area contributed by atoms with E-state index in [0.29, 0.717) is 13.0 Å². The van der Waals surface area contributed by atoms with Crippen molar-refractivity contribution in [2.24, 2.45) is 5.73 Å². The van der Waals surface area contributed by atoms with Crippen LogP contribution in [0.5, 0.6) is 0 Å². The number of amides is 1. The van der Waals surface area contributed by atoms with Crippen LogP contribution in [0, 0.1) is 0 Å². The van der Waals surface area contributed by atoms with Gasteiger partial charge in [0, 0.05) is 25.0 Å². The number of halogens is 2. The highest BCUT2D eigenvalue weighted by Crippen LogP contribution is 2.26. The van der Waals surface area contributed by atoms with Gasteiger partial charge in [0.15, 0.2) is 0 Å². The number of ether oxygens (including phenoxy) is 1. The Morgan fingerprint density at radius 2 is 2.12 bits per heavy atom. The summed E-state index contributed by atoms with van der Waals surface area (Å²) in [6, 6.07) is 0. The lowest BCUT2D eigenvalue weighted by atomic mass is 9.96. The van der Waals surface area contributed by atoms with E-state index < -0.39 is 23.7 Å². The summed E-state index contributed by atoms with van der Waals surface area (Å²) in [6.07, 6.45) is -2.93. The number of hydrogen-bond donors (Lipinski definition) is 1. The molecular weight excluding hydrogens is 230 g/mol. The first-order chi connectivity index (χ1) is 7.61. The molecule has 1 rings (SSSR count). The lowest BCUT2D eigenvalue weighted by molar-refractivity contribution is 0.0271. The fourth-order valence-corrected chi connectivity index (χ4v) is 1.85. The summed E-state index contributed by atoms with van der Waals surface area (Å²) in [4.78, 5) is 13.1. The number of nitrogens with two attached hydrogens (primary N) is 1. The Morgan fingerprint density at radius 3 is 2.59 bits per heavy atom. The molecule has 1 aliphatic heterocycles. The normalized spacial score (nSPS) is 25.5. The van der Waals surface area contributed by atoms with Crippen LogP contribution >= 0.6 is 0 Å². The van der Waals surface area contributed by atoms with Gasteiger partial charge in [-0.3, -0.25) is 0 Å². The molecule has 6 heteroatoms. The van der Waals surface area contributed by atoms with E-state index in [-0.39, 0.29) is 13.0 Å². The average molecular weight is 250 g/mol. The highest BCUT2D eigenvalue weighted by molar-refractivity contribution is 5.68. The lowest BCUT2D eigenvalue weighted by Crippen LogP contribution is -2.46. The zero-order valence-corrected chi connectivity index (χ0v) is 10.5. The number of alkyl halides is 2. The van der Waals surface area contributed by atoms with E-state index in [1.54, 1.807) is 20.8 Å². The molecule has 1 atom stereocenters. The number of likely N-dealkylation sites (tertiary alicyclic amines) is 1. The van der Waals surface area contributed by atoms with Gasteiger partial charge >= 0.3 is 6.09 Å². The fraction of sp³-hybridized carbons (Fsp3) is 0.909. The summed E-state index contributed by atoms with van der Waals surface area (Å²) in [6.45, 7) is 5.78. The molecule has 17 heavy (non-hydrogen) atoms. The van der Waals surface area contributed by atoms with Gasteiger partial charge in [-0.2, -0.15) is 0 Å². The topological polar surface area (TPSA) is 55.6 Å². The van der Waals surface area contributed by atoms with E-state index in [0.717, 1.165) is 0 Å². The third kappa shape index (κ3) is 4.46. The number of carbonyl (C=O) groups excluding carboxylic acids is 1.